The van der Waals surface area contributed by atoms with Crippen LogP contribution in [0, 0.1) is 3.57 Å². The van der Waals surface area contributed by atoms with Crippen molar-refractivity contribution in [3.8, 4) is 0 Å². The van der Waals surface area contributed by atoms with Gasteiger partial charge in [-0.2, -0.15) is 0 Å². The van der Waals surface area contributed by atoms with Crippen LogP contribution in [0.2, 0.25) is 0 Å². The largest absolute Gasteiger partial charge is 0.339 e. The van der Waals surface area contributed by atoms with Crippen LogP contribution in [-0.2, 0) is 11.3 Å². The second-order valence-electron chi connectivity index (χ2n) is 3.16. The van der Waals surface area contributed by atoms with Gasteiger partial charge >= 0.3 is 0 Å². The number of amides is 1. The Kier molecular flexibility index (Phi) is 4.38. The van der Waals surface area contributed by atoms with Crippen molar-refractivity contribution in [2.75, 3.05) is 6.54 Å². The summed E-state index contributed by atoms with van der Waals surface area (Å²) in [5.41, 5.74) is 1.19. The molecule has 2 nitrogen and oxygen atoms in total. The minimum Gasteiger partial charge on any atom is -0.339 e. The second kappa shape index (κ2) is 5.34. The summed E-state index contributed by atoms with van der Waals surface area (Å²) in [5.74, 6) is 0.131. The molecule has 0 bridgehead atoms. The van der Waals surface area contributed by atoms with Gasteiger partial charge in [-0.15, -0.1) is 0 Å². The lowest BCUT2D eigenvalue weighted by molar-refractivity contribution is -0.129. The molecule has 14 heavy (non-hydrogen) atoms. The van der Waals surface area contributed by atoms with E-state index in [1.54, 1.807) is 6.92 Å². The summed E-state index contributed by atoms with van der Waals surface area (Å²) in [6.07, 6.45) is 0. The molecule has 3 heteroatoms. The molecule has 1 amide bonds. The first-order valence-corrected chi connectivity index (χ1v) is 5.71. The van der Waals surface area contributed by atoms with Crippen LogP contribution in [0.15, 0.2) is 24.3 Å². The van der Waals surface area contributed by atoms with Crippen LogP contribution in [0.1, 0.15) is 19.4 Å². The Labute approximate surface area is 98.4 Å². The maximum Gasteiger partial charge on any atom is 0.219 e. The van der Waals surface area contributed by atoms with Gasteiger partial charge in [0.1, 0.15) is 0 Å². The summed E-state index contributed by atoms with van der Waals surface area (Å²) < 4.78 is 1.21. The molecule has 0 fully saturated rings. The maximum absolute atomic E-state index is 11.2. The molecule has 0 heterocycles. The summed E-state index contributed by atoms with van der Waals surface area (Å²) in [7, 11) is 0. The van der Waals surface area contributed by atoms with Crippen LogP contribution in [-0.4, -0.2) is 17.4 Å². The highest BCUT2D eigenvalue weighted by molar-refractivity contribution is 14.1. The minimum absolute atomic E-state index is 0.131. The van der Waals surface area contributed by atoms with Gasteiger partial charge in [0.15, 0.2) is 0 Å². The Bertz CT molecular complexity index is 325. The van der Waals surface area contributed by atoms with Crippen LogP contribution < -0.4 is 0 Å². The Morgan fingerprint density at radius 3 is 2.71 bits per heavy atom. The van der Waals surface area contributed by atoms with E-state index in [4.69, 9.17) is 0 Å². The van der Waals surface area contributed by atoms with Gasteiger partial charge in [-0.3, -0.25) is 4.79 Å². The molecule has 1 aromatic carbocycles. The zero-order valence-corrected chi connectivity index (χ0v) is 10.6. The standard InChI is InChI=1S/C11H14INO/c1-3-13(9(2)14)8-10-5-4-6-11(12)7-10/h4-7H,3,8H2,1-2H3. The van der Waals surface area contributed by atoms with Crippen molar-refractivity contribution in [3.05, 3.63) is 33.4 Å². The summed E-state index contributed by atoms with van der Waals surface area (Å²) in [5, 5.41) is 0. The third kappa shape index (κ3) is 3.29. The van der Waals surface area contributed by atoms with Gasteiger partial charge in [0.05, 0.1) is 0 Å². The lowest BCUT2D eigenvalue weighted by atomic mass is 10.2. The van der Waals surface area contributed by atoms with Crippen LogP contribution in [0.4, 0.5) is 0 Å². The predicted molar refractivity (Wildman–Crippen MR) is 65.9 cm³/mol. The summed E-state index contributed by atoms with van der Waals surface area (Å²) in [6, 6.07) is 8.22. The number of nitrogens with zero attached hydrogens (tertiary/aromatic N) is 1. The number of carbonyl (C=O) groups excluding carboxylic acids is 1. The van der Waals surface area contributed by atoms with Gasteiger partial charge in [0, 0.05) is 23.6 Å². The Morgan fingerprint density at radius 2 is 2.21 bits per heavy atom. The molecule has 0 N–H and O–H groups in total. The third-order valence-electron chi connectivity index (χ3n) is 2.09. The number of hydrogen-bond acceptors (Lipinski definition) is 1. The molecule has 0 atom stereocenters. The molecule has 0 aliphatic heterocycles. The molecule has 1 rings (SSSR count). The van der Waals surface area contributed by atoms with E-state index in [-0.39, 0.29) is 5.91 Å². The molecule has 1 aromatic rings. The van der Waals surface area contributed by atoms with E-state index in [1.165, 1.54) is 9.13 Å². The zero-order chi connectivity index (χ0) is 10.6. The Balaban J connectivity index is 2.72. The van der Waals surface area contributed by atoms with Crippen molar-refractivity contribution in [2.45, 2.75) is 20.4 Å². The quantitative estimate of drug-likeness (QED) is 0.786. The van der Waals surface area contributed by atoms with Crippen molar-refractivity contribution in [1.29, 1.82) is 0 Å². The highest BCUT2D eigenvalue weighted by Gasteiger charge is 2.06. The van der Waals surface area contributed by atoms with Crippen LogP contribution in [0.5, 0.6) is 0 Å². The summed E-state index contributed by atoms with van der Waals surface area (Å²) in [6.45, 7) is 5.08. The van der Waals surface area contributed by atoms with E-state index >= 15 is 0 Å². The highest BCUT2D eigenvalue weighted by atomic mass is 127. The number of hydrogen-bond donors (Lipinski definition) is 0. The molecule has 0 unspecified atom stereocenters. The molecular weight excluding hydrogens is 289 g/mol. The third-order valence-corrected chi connectivity index (χ3v) is 2.76. The monoisotopic (exact) mass is 303 g/mol. The first kappa shape index (κ1) is 11.5. The predicted octanol–water partition coefficient (Wildman–Crippen LogP) is 2.66. The van der Waals surface area contributed by atoms with E-state index < -0.39 is 0 Å². The number of halogens is 1. The first-order valence-electron chi connectivity index (χ1n) is 4.63. The normalized spacial score (nSPS) is 9.93. The van der Waals surface area contributed by atoms with Gasteiger partial charge in [-0.1, -0.05) is 12.1 Å². The van der Waals surface area contributed by atoms with E-state index in [2.05, 4.69) is 28.7 Å². The molecule has 76 valence electrons. The summed E-state index contributed by atoms with van der Waals surface area (Å²) >= 11 is 2.28. The van der Waals surface area contributed by atoms with Crippen molar-refractivity contribution >= 4 is 28.5 Å². The molecule has 0 saturated carbocycles. The smallest absolute Gasteiger partial charge is 0.219 e. The number of carbonyl (C=O) groups is 1. The van der Waals surface area contributed by atoms with E-state index in [9.17, 15) is 4.79 Å². The number of benzene rings is 1. The fourth-order valence-corrected chi connectivity index (χ4v) is 1.91. The zero-order valence-electron chi connectivity index (χ0n) is 8.46. The molecular formula is C11H14INO. The van der Waals surface area contributed by atoms with Crippen LogP contribution in [0.25, 0.3) is 0 Å². The van der Waals surface area contributed by atoms with Crippen LogP contribution >= 0.6 is 22.6 Å². The van der Waals surface area contributed by atoms with E-state index in [0.717, 1.165) is 6.54 Å². The fraction of sp³-hybridized carbons (Fsp3) is 0.364. The SMILES string of the molecule is CCN(Cc1cccc(I)c1)C(C)=O. The average Bonchev–Trinajstić information content (AvgIpc) is 2.14. The highest BCUT2D eigenvalue weighted by Crippen LogP contribution is 2.10. The van der Waals surface area contributed by atoms with Gasteiger partial charge in [-0.25, -0.2) is 0 Å². The number of rotatable bonds is 3. The van der Waals surface area contributed by atoms with E-state index in [0.29, 0.717) is 6.54 Å². The van der Waals surface area contributed by atoms with E-state index in [1.807, 2.05) is 30.0 Å². The molecule has 0 spiro atoms. The molecule has 0 saturated heterocycles. The van der Waals surface area contributed by atoms with Gasteiger partial charge in [0.2, 0.25) is 5.91 Å². The van der Waals surface area contributed by atoms with Crippen molar-refractivity contribution in [3.63, 3.8) is 0 Å². The minimum atomic E-state index is 0.131. The molecule has 0 aliphatic rings. The molecule has 0 aliphatic carbocycles. The fourth-order valence-electron chi connectivity index (χ4n) is 1.30. The Hall–Kier alpha value is -0.580. The first-order chi connectivity index (χ1) is 6.63. The lowest BCUT2D eigenvalue weighted by Crippen LogP contribution is -2.27. The van der Waals surface area contributed by atoms with Crippen molar-refractivity contribution in [1.82, 2.24) is 4.90 Å². The van der Waals surface area contributed by atoms with Gasteiger partial charge in [-0.05, 0) is 47.2 Å². The van der Waals surface area contributed by atoms with Gasteiger partial charge in [0.25, 0.3) is 0 Å². The topological polar surface area (TPSA) is 20.3 Å². The van der Waals surface area contributed by atoms with Crippen molar-refractivity contribution in [2.24, 2.45) is 0 Å². The maximum atomic E-state index is 11.2. The second-order valence-corrected chi connectivity index (χ2v) is 4.41. The molecule has 0 aromatic heterocycles. The average molecular weight is 303 g/mol. The Morgan fingerprint density at radius 1 is 1.50 bits per heavy atom. The van der Waals surface area contributed by atoms with Crippen LogP contribution in [0.3, 0.4) is 0 Å². The van der Waals surface area contributed by atoms with Crippen molar-refractivity contribution < 1.29 is 4.79 Å². The lowest BCUT2D eigenvalue weighted by Gasteiger charge is -2.18. The molecule has 0 radical (unpaired) electrons. The van der Waals surface area contributed by atoms with Gasteiger partial charge < -0.3 is 4.90 Å². The summed E-state index contributed by atoms with van der Waals surface area (Å²) in [4.78, 5) is 13.0.